The van der Waals surface area contributed by atoms with E-state index in [9.17, 15) is 10.1 Å². The molecule has 0 spiro atoms. The molecule has 5 nitrogen and oxygen atoms in total. The van der Waals surface area contributed by atoms with Crippen LogP contribution in [0.15, 0.2) is 66.2 Å². The van der Waals surface area contributed by atoms with Gasteiger partial charge in [0.2, 0.25) is 0 Å². The van der Waals surface area contributed by atoms with Crippen LogP contribution in [0.1, 0.15) is 11.1 Å². The summed E-state index contributed by atoms with van der Waals surface area (Å²) in [6, 6.07) is 19.7. The number of nitrogens with one attached hydrogen (secondary N) is 1. The SMILES string of the molecule is COc1cc(/C=C(/C#N)C(=O)Nc2ccc(Cl)cc2)cc(Cl)c1OCc1ccc(I)cc1. The molecular formula is C24H17Cl2IN2O3. The van der Waals surface area contributed by atoms with Crippen molar-refractivity contribution in [2.45, 2.75) is 6.61 Å². The number of halogens is 3. The minimum absolute atomic E-state index is 0.0920. The van der Waals surface area contributed by atoms with Gasteiger partial charge in [-0.3, -0.25) is 4.79 Å². The third-order valence-electron chi connectivity index (χ3n) is 4.33. The third kappa shape index (κ3) is 6.39. The standard InChI is InChI=1S/C24H17Cl2IN2O3/c1-31-22-12-16(10-17(13-28)24(30)29-20-8-4-18(25)5-9-20)11-21(26)23(22)32-14-15-2-6-19(27)7-3-15/h2-12H,14H2,1H3,(H,29,30)/b17-10-. The molecule has 3 aromatic carbocycles. The van der Waals surface area contributed by atoms with Crippen LogP contribution in [0.25, 0.3) is 6.08 Å². The lowest BCUT2D eigenvalue weighted by Crippen LogP contribution is -2.13. The summed E-state index contributed by atoms with van der Waals surface area (Å²) in [6.45, 7) is 0.315. The van der Waals surface area contributed by atoms with Crippen LogP contribution in [-0.4, -0.2) is 13.0 Å². The number of hydrogen-bond acceptors (Lipinski definition) is 4. The minimum Gasteiger partial charge on any atom is -0.493 e. The number of amides is 1. The van der Waals surface area contributed by atoms with Crippen LogP contribution >= 0.6 is 45.8 Å². The van der Waals surface area contributed by atoms with Crippen molar-refractivity contribution in [2.24, 2.45) is 0 Å². The van der Waals surface area contributed by atoms with Crippen molar-refractivity contribution in [2.75, 3.05) is 12.4 Å². The number of nitrogens with zero attached hydrogens (tertiary/aromatic N) is 1. The van der Waals surface area contributed by atoms with Gasteiger partial charge >= 0.3 is 0 Å². The van der Waals surface area contributed by atoms with E-state index in [0.29, 0.717) is 39.4 Å². The molecule has 0 aromatic heterocycles. The first-order valence-corrected chi connectivity index (χ1v) is 11.2. The fourth-order valence-electron chi connectivity index (χ4n) is 2.75. The van der Waals surface area contributed by atoms with Crippen molar-refractivity contribution in [1.82, 2.24) is 0 Å². The van der Waals surface area contributed by atoms with E-state index in [1.807, 2.05) is 30.3 Å². The summed E-state index contributed by atoms with van der Waals surface area (Å²) in [5, 5.41) is 13.0. The van der Waals surface area contributed by atoms with E-state index < -0.39 is 5.91 Å². The maximum Gasteiger partial charge on any atom is 0.266 e. The zero-order chi connectivity index (χ0) is 23.1. The van der Waals surface area contributed by atoms with Gasteiger partial charge in [0, 0.05) is 14.3 Å². The molecule has 0 aliphatic heterocycles. The molecule has 0 saturated carbocycles. The summed E-state index contributed by atoms with van der Waals surface area (Å²) in [5.41, 5.74) is 1.94. The second-order valence-electron chi connectivity index (χ2n) is 6.58. The zero-order valence-electron chi connectivity index (χ0n) is 16.9. The summed E-state index contributed by atoms with van der Waals surface area (Å²) in [4.78, 5) is 12.5. The van der Waals surface area contributed by atoms with Crippen LogP contribution in [0.4, 0.5) is 5.69 Å². The van der Waals surface area contributed by atoms with Crippen molar-refractivity contribution >= 4 is 63.5 Å². The maximum atomic E-state index is 12.5. The molecule has 0 aliphatic carbocycles. The Balaban J connectivity index is 1.80. The Kier molecular flexibility index (Phi) is 8.39. The van der Waals surface area contributed by atoms with Crippen molar-refractivity contribution < 1.29 is 14.3 Å². The van der Waals surface area contributed by atoms with Gasteiger partial charge in [-0.2, -0.15) is 5.26 Å². The van der Waals surface area contributed by atoms with Gasteiger partial charge in [-0.25, -0.2) is 0 Å². The predicted molar refractivity (Wildman–Crippen MR) is 135 cm³/mol. The summed E-state index contributed by atoms with van der Waals surface area (Å²) in [5.74, 6) is 0.225. The Morgan fingerprint density at radius 2 is 1.81 bits per heavy atom. The largest absolute Gasteiger partial charge is 0.493 e. The van der Waals surface area contributed by atoms with E-state index in [0.717, 1.165) is 9.13 Å². The van der Waals surface area contributed by atoms with E-state index >= 15 is 0 Å². The van der Waals surface area contributed by atoms with Crippen molar-refractivity contribution in [3.8, 4) is 17.6 Å². The molecule has 0 heterocycles. The van der Waals surface area contributed by atoms with Gasteiger partial charge < -0.3 is 14.8 Å². The summed E-state index contributed by atoms with van der Waals surface area (Å²) in [6.07, 6.45) is 1.43. The second-order valence-corrected chi connectivity index (χ2v) is 8.67. The van der Waals surface area contributed by atoms with Gasteiger partial charge in [0.05, 0.1) is 12.1 Å². The molecule has 0 unspecified atom stereocenters. The molecule has 8 heteroatoms. The molecule has 0 atom stereocenters. The van der Waals surface area contributed by atoms with Crippen LogP contribution in [0.5, 0.6) is 11.5 Å². The number of carbonyl (C=O) groups is 1. The van der Waals surface area contributed by atoms with Gasteiger partial charge in [0.15, 0.2) is 11.5 Å². The first kappa shape index (κ1) is 23.9. The van der Waals surface area contributed by atoms with Crippen LogP contribution < -0.4 is 14.8 Å². The fourth-order valence-corrected chi connectivity index (χ4v) is 3.51. The molecule has 3 aromatic rings. The Bertz CT molecular complexity index is 1190. The smallest absolute Gasteiger partial charge is 0.266 e. The molecule has 0 fully saturated rings. The van der Waals surface area contributed by atoms with E-state index in [2.05, 4.69) is 27.9 Å². The number of ether oxygens (including phenoxy) is 2. The van der Waals surface area contributed by atoms with Crippen LogP contribution in [0.3, 0.4) is 0 Å². The van der Waals surface area contributed by atoms with E-state index in [-0.39, 0.29) is 5.57 Å². The lowest BCUT2D eigenvalue weighted by Gasteiger charge is -2.14. The molecular weight excluding hydrogens is 562 g/mol. The summed E-state index contributed by atoms with van der Waals surface area (Å²) in [7, 11) is 1.50. The number of nitriles is 1. The molecule has 1 N–H and O–H groups in total. The predicted octanol–water partition coefficient (Wildman–Crippen LogP) is 6.73. The minimum atomic E-state index is -0.552. The van der Waals surface area contributed by atoms with Gasteiger partial charge in [-0.1, -0.05) is 35.3 Å². The molecule has 0 radical (unpaired) electrons. The van der Waals surface area contributed by atoms with Crippen molar-refractivity contribution in [3.63, 3.8) is 0 Å². The molecule has 162 valence electrons. The average molecular weight is 579 g/mol. The maximum absolute atomic E-state index is 12.5. The highest BCUT2D eigenvalue weighted by Crippen LogP contribution is 2.37. The highest BCUT2D eigenvalue weighted by Gasteiger charge is 2.14. The first-order chi connectivity index (χ1) is 15.4. The quantitative estimate of drug-likeness (QED) is 0.192. The summed E-state index contributed by atoms with van der Waals surface area (Å²) >= 11 is 14.5. The lowest BCUT2D eigenvalue weighted by atomic mass is 10.1. The molecule has 0 aliphatic rings. The second kappa shape index (κ2) is 11.2. The molecule has 0 saturated heterocycles. The average Bonchev–Trinajstić information content (AvgIpc) is 2.79. The van der Waals surface area contributed by atoms with Gasteiger partial charge in [0.25, 0.3) is 5.91 Å². The highest BCUT2D eigenvalue weighted by atomic mass is 127. The molecule has 32 heavy (non-hydrogen) atoms. The molecule has 0 bridgehead atoms. The van der Waals surface area contributed by atoms with Crippen LogP contribution in [0, 0.1) is 14.9 Å². The highest BCUT2D eigenvalue weighted by molar-refractivity contribution is 14.1. The van der Waals surface area contributed by atoms with Crippen LogP contribution in [-0.2, 0) is 11.4 Å². The van der Waals surface area contributed by atoms with E-state index in [4.69, 9.17) is 32.7 Å². The van der Waals surface area contributed by atoms with Crippen LogP contribution in [0.2, 0.25) is 10.0 Å². The third-order valence-corrected chi connectivity index (χ3v) is 5.58. The zero-order valence-corrected chi connectivity index (χ0v) is 20.5. The molecule has 3 rings (SSSR count). The number of hydrogen-bond donors (Lipinski definition) is 1. The normalized spacial score (nSPS) is 10.9. The Morgan fingerprint density at radius 1 is 1.12 bits per heavy atom. The Morgan fingerprint density at radius 3 is 2.44 bits per heavy atom. The Labute approximate surface area is 209 Å². The van der Waals surface area contributed by atoms with Gasteiger partial charge in [-0.15, -0.1) is 0 Å². The lowest BCUT2D eigenvalue weighted by molar-refractivity contribution is -0.112. The number of rotatable bonds is 7. The number of benzene rings is 3. The van der Waals surface area contributed by atoms with E-state index in [1.54, 1.807) is 36.4 Å². The first-order valence-electron chi connectivity index (χ1n) is 9.33. The van der Waals surface area contributed by atoms with Gasteiger partial charge in [0.1, 0.15) is 18.2 Å². The van der Waals surface area contributed by atoms with E-state index in [1.165, 1.54) is 13.2 Å². The van der Waals surface area contributed by atoms with Crippen molar-refractivity contribution in [1.29, 1.82) is 5.26 Å². The number of methoxy groups -OCH3 is 1. The number of carbonyl (C=O) groups excluding carboxylic acids is 1. The Hall–Kier alpha value is -2.73. The number of anilines is 1. The summed E-state index contributed by atoms with van der Waals surface area (Å²) < 4.78 is 12.4. The van der Waals surface area contributed by atoms with Crippen molar-refractivity contribution in [3.05, 3.63) is 91.0 Å². The molecule has 1 amide bonds. The fraction of sp³-hybridized carbons (Fsp3) is 0.0833. The monoisotopic (exact) mass is 578 g/mol. The topological polar surface area (TPSA) is 71.3 Å². The van der Waals surface area contributed by atoms with Gasteiger partial charge in [-0.05, 0) is 88.3 Å².